The summed E-state index contributed by atoms with van der Waals surface area (Å²) in [6.45, 7) is 2.33. The molecule has 5 aliphatic rings. The molecule has 1 amide bonds. The molecule has 4 bridgehead atoms. The van der Waals surface area contributed by atoms with E-state index in [1.165, 1.54) is 32.1 Å². The number of alkyl halides is 1. The second-order valence-electron chi connectivity index (χ2n) is 8.82. The smallest absolute Gasteiger partial charge is 0.226 e. The number of hydrogen-bond donors (Lipinski definition) is 1. The van der Waals surface area contributed by atoms with Gasteiger partial charge in [0.15, 0.2) is 0 Å². The minimum Gasteiger partial charge on any atom is -0.353 e. The van der Waals surface area contributed by atoms with Gasteiger partial charge in [-0.1, -0.05) is 6.92 Å². The summed E-state index contributed by atoms with van der Waals surface area (Å²) in [6.07, 6.45) is 11.6. The Morgan fingerprint density at radius 1 is 1.05 bits per heavy atom. The predicted molar refractivity (Wildman–Crippen MR) is 85.3 cm³/mol. The number of carbonyl (C=O) groups excluding carboxylic acids is 1. The van der Waals surface area contributed by atoms with Crippen LogP contribution in [0.5, 0.6) is 0 Å². The van der Waals surface area contributed by atoms with Crippen LogP contribution >= 0.6 is 11.6 Å². The van der Waals surface area contributed by atoms with Crippen LogP contribution in [0.1, 0.15) is 71.1 Å². The highest BCUT2D eigenvalue weighted by Crippen LogP contribution is 2.63. The number of halogens is 1. The lowest BCUT2D eigenvalue weighted by Crippen LogP contribution is -2.59. The van der Waals surface area contributed by atoms with E-state index in [1.54, 1.807) is 0 Å². The lowest BCUT2D eigenvalue weighted by atomic mass is 9.49. The molecule has 118 valence electrons. The average molecular weight is 310 g/mol. The molecule has 0 radical (unpaired) electrons. The van der Waals surface area contributed by atoms with Crippen LogP contribution in [-0.4, -0.2) is 16.8 Å². The maximum Gasteiger partial charge on any atom is 0.226 e. The summed E-state index contributed by atoms with van der Waals surface area (Å²) in [5.41, 5.74) is -0.116. The lowest BCUT2D eigenvalue weighted by molar-refractivity contribution is -0.145. The molecule has 2 nitrogen and oxygen atoms in total. The molecule has 0 aliphatic heterocycles. The molecule has 5 aliphatic carbocycles. The molecule has 0 spiro atoms. The van der Waals surface area contributed by atoms with Crippen molar-refractivity contribution in [1.82, 2.24) is 5.32 Å². The zero-order valence-corrected chi connectivity index (χ0v) is 13.9. The number of carbonyl (C=O) groups is 1. The Morgan fingerprint density at radius 3 is 2.24 bits per heavy atom. The molecule has 5 rings (SSSR count). The van der Waals surface area contributed by atoms with Crippen molar-refractivity contribution in [3.05, 3.63) is 0 Å². The van der Waals surface area contributed by atoms with Crippen molar-refractivity contribution in [3.63, 3.8) is 0 Å². The summed E-state index contributed by atoms with van der Waals surface area (Å²) < 4.78 is 0. The van der Waals surface area contributed by atoms with Crippen LogP contribution in [0, 0.1) is 23.2 Å². The van der Waals surface area contributed by atoms with Gasteiger partial charge in [0.25, 0.3) is 0 Å². The molecule has 0 aromatic heterocycles. The number of hydrogen-bond acceptors (Lipinski definition) is 1. The monoisotopic (exact) mass is 309 g/mol. The van der Waals surface area contributed by atoms with E-state index in [0.717, 1.165) is 38.0 Å². The van der Waals surface area contributed by atoms with Crippen LogP contribution in [0.4, 0.5) is 0 Å². The molecule has 0 aromatic rings. The summed E-state index contributed by atoms with van der Waals surface area (Å²) in [6, 6.07) is 0.424. The van der Waals surface area contributed by atoms with Crippen molar-refractivity contribution in [2.75, 3.05) is 0 Å². The Kier molecular flexibility index (Phi) is 3.33. The summed E-state index contributed by atoms with van der Waals surface area (Å²) in [7, 11) is 0. The van der Waals surface area contributed by atoms with E-state index >= 15 is 0 Å². The highest BCUT2D eigenvalue weighted by Gasteiger charge is 2.60. The van der Waals surface area contributed by atoms with Gasteiger partial charge in [-0.3, -0.25) is 4.79 Å². The topological polar surface area (TPSA) is 29.1 Å². The number of amides is 1. The van der Waals surface area contributed by atoms with Crippen molar-refractivity contribution >= 4 is 17.5 Å². The highest BCUT2D eigenvalue weighted by atomic mass is 35.5. The molecule has 5 saturated carbocycles. The molecule has 2 unspecified atom stereocenters. The van der Waals surface area contributed by atoms with Crippen molar-refractivity contribution in [3.8, 4) is 0 Å². The van der Waals surface area contributed by atoms with Crippen molar-refractivity contribution in [2.45, 2.75) is 82.0 Å². The minimum absolute atomic E-state index is 0.0531. The summed E-state index contributed by atoms with van der Waals surface area (Å²) in [5, 5.41) is 3.42. The molecule has 21 heavy (non-hydrogen) atoms. The van der Waals surface area contributed by atoms with E-state index in [4.69, 9.17) is 11.6 Å². The van der Waals surface area contributed by atoms with E-state index in [-0.39, 0.29) is 10.3 Å². The first-order chi connectivity index (χ1) is 9.96. The third-order valence-corrected chi connectivity index (χ3v) is 7.26. The number of nitrogens with one attached hydrogen (secondary N) is 1. The van der Waals surface area contributed by atoms with Crippen LogP contribution in [0.25, 0.3) is 0 Å². The van der Waals surface area contributed by atoms with Gasteiger partial charge in [-0.2, -0.15) is 0 Å². The van der Waals surface area contributed by atoms with Crippen molar-refractivity contribution in [1.29, 1.82) is 0 Å². The predicted octanol–water partition coefficient (Wildman–Crippen LogP) is 4.26. The quantitative estimate of drug-likeness (QED) is 0.759. The molecular weight excluding hydrogens is 282 g/mol. The zero-order valence-electron chi connectivity index (χ0n) is 13.2. The van der Waals surface area contributed by atoms with Gasteiger partial charge in [-0.05, 0) is 82.0 Å². The fourth-order valence-corrected chi connectivity index (χ4v) is 6.85. The summed E-state index contributed by atoms with van der Waals surface area (Å²) in [5.74, 6) is 2.60. The van der Waals surface area contributed by atoms with Gasteiger partial charge in [-0.25, -0.2) is 0 Å². The van der Waals surface area contributed by atoms with E-state index in [2.05, 4.69) is 12.2 Å². The third-order valence-electron chi connectivity index (χ3n) is 6.82. The van der Waals surface area contributed by atoms with Crippen LogP contribution in [0.2, 0.25) is 0 Å². The Balaban J connectivity index is 1.46. The maximum absolute atomic E-state index is 13.0. The molecule has 0 aromatic carbocycles. The average Bonchev–Trinajstić information content (AvgIpc) is 2.38. The first kappa shape index (κ1) is 14.4. The fraction of sp³-hybridized carbons (Fsp3) is 0.944. The maximum atomic E-state index is 13.0. The highest BCUT2D eigenvalue weighted by molar-refractivity contribution is 6.24. The normalized spacial score (nSPS) is 51.9. The zero-order chi connectivity index (χ0) is 14.7. The molecule has 1 N–H and O–H groups in total. The van der Waals surface area contributed by atoms with Crippen LogP contribution in [-0.2, 0) is 4.79 Å². The standard InChI is InChI=1S/C18H28ClNO/c1-12-2-4-15(5-3-12)20-16(21)17-7-13-6-14(8-17)10-18(19,9-13)11-17/h12-15H,2-11H2,1H3,(H,20,21)/t12?,13-,14+,15?,17?,18?. The molecule has 0 saturated heterocycles. The Hall–Kier alpha value is -0.240. The Bertz CT molecular complexity index is 426. The van der Waals surface area contributed by atoms with Crippen molar-refractivity contribution in [2.24, 2.45) is 23.2 Å². The second kappa shape index (κ2) is 4.88. The van der Waals surface area contributed by atoms with Gasteiger partial charge in [-0.15, -0.1) is 11.6 Å². The van der Waals surface area contributed by atoms with Gasteiger partial charge < -0.3 is 5.32 Å². The molecule has 0 heterocycles. The van der Waals surface area contributed by atoms with E-state index in [0.29, 0.717) is 23.8 Å². The van der Waals surface area contributed by atoms with Gasteiger partial charge in [0.05, 0.1) is 5.41 Å². The Morgan fingerprint density at radius 2 is 1.67 bits per heavy atom. The van der Waals surface area contributed by atoms with E-state index < -0.39 is 0 Å². The van der Waals surface area contributed by atoms with Crippen LogP contribution in [0.15, 0.2) is 0 Å². The van der Waals surface area contributed by atoms with Gasteiger partial charge >= 0.3 is 0 Å². The fourth-order valence-electron chi connectivity index (χ4n) is 6.16. The van der Waals surface area contributed by atoms with Crippen LogP contribution < -0.4 is 5.32 Å². The lowest BCUT2D eigenvalue weighted by Gasteiger charge is -2.59. The van der Waals surface area contributed by atoms with Gasteiger partial charge in [0.1, 0.15) is 0 Å². The van der Waals surface area contributed by atoms with E-state index in [1.807, 2.05) is 0 Å². The van der Waals surface area contributed by atoms with E-state index in [9.17, 15) is 4.79 Å². The van der Waals surface area contributed by atoms with Gasteiger partial charge in [0.2, 0.25) is 5.91 Å². The first-order valence-corrected chi connectivity index (χ1v) is 9.34. The first-order valence-electron chi connectivity index (χ1n) is 8.96. The summed E-state index contributed by atoms with van der Waals surface area (Å²) in [4.78, 5) is 13.0. The molecular formula is C18H28ClNO. The Labute approximate surface area is 133 Å². The van der Waals surface area contributed by atoms with Gasteiger partial charge in [0, 0.05) is 10.9 Å². The minimum atomic E-state index is -0.116. The molecule has 3 heteroatoms. The number of rotatable bonds is 2. The van der Waals surface area contributed by atoms with Crippen LogP contribution in [0.3, 0.4) is 0 Å². The summed E-state index contributed by atoms with van der Waals surface area (Å²) >= 11 is 6.85. The van der Waals surface area contributed by atoms with Crippen molar-refractivity contribution < 1.29 is 4.79 Å². The largest absolute Gasteiger partial charge is 0.353 e. The second-order valence-corrected chi connectivity index (χ2v) is 9.62. The third kappa shape index (κ3) is 2.52. The SMILES string of the molecule is CC1CCC(NC(=O)C23C[C@@H]4C[C@@H](CC(Cl)(C4)C2)C3)CC1. The molecule has 5 fully saturated rings. The molecule has 4 atom stereocenters.